The first-order chi connectivity index (χ1) is 8.99. The second kappa shape index (κ2) is 8.17. The van der Waals surface area contributed by atoms with Crippen LogP contribution >= 0.6 is 0 Å². The summed E-state index contributed by atoms with van der Waals surface area (Å²) in [6, 6.07) is 0. The second-order valence-corrected chi connectivity index (χ2v) is 8.09. The molecule has 2 nitrogen and oxygen atoms in total. The van der Waals surface area contributed by atoms with Crippen molar-refractivity contribution in [2.24, 2.45) is 29.6 Å². The van der Waals surface area contributed by atoms with Crippen molar-refractivity contribution in [2.75, 3.05) is 0 Å². The highest BCUT2D eigenvalue weighted by molar-refractivity contribution is 5.82. The van der Waals surface area contributed by atoms with Crippen molar-refractivity contribution in [2.45, 2.75) is 80.3 Å². The first-order valence-electron chi connectivity index (χ1n) is 8.24. The van der Waals surface area contributed by atoms with Crippen molar-refractivity contribution >= 4 is 5.78 Å². The van der Waals surface area contributed by atoms with Gasteiger partial charge in [-0.05, 0) is 36.5 Å². The van der Waals surface area contributed by atoms with Gasteiger partial charge in [-0.15, -0.1) is 0 Å². The first kappa shape index (κ1) is 19.6. The molecule has 1 unspecified atom stereocenters. The molecule has 0 heterocycles. The molecule has 0 amide bonds. The first-order valence-corrected chi connectivity index (χ1v) is 8.24. The molecule has 0 radical (unpaired) electrons. The summed E-state index contributed by atoms with van der Waals surface area (Å²) >= 11 is 0. The van der Waals surface area contributed by atoms with Gasteiger partial charge >= 0.3 is 0 Å². The number of aliphatic hydroxyl groups is 1. The molecule has 0 aromatic carbocycles. The van der Waals surface area contributed by atoms with Crippen LogP contribution in [0.5, 0.6) is 0 Å². The molecule has 0 saturated carbocycles. The molecule has 0 aliphatic carbocycles. The van der Waals surface area contributed by atoms with E-state index in [-0.39, 0.29) is 17.6 Å². The van der Waals surface area contributed by atoms with Gasteiger partial charge in [0, 0.05) is 12.3 Å². The minimum Gasteiger partial charge on any atom is -0.389 e. The lowest BCUT2D eigenvalue weighted by molar-refractivity contribution is -0.140. The average Bonchev–Trinajstić information content (AvgIpc) is 2.10. The lowest BCUT2D eigenvalue weighted by atomic mass is 9.68. The molecular weight excluding hydrogens is 248 g/mol. The smallest absolute Gasteiger partial charge is 0.139 e. The fourth-order valence-electron chi connectivity index (χ4n) is 3.57. The SMILES string of the molecule is CC(C)CC(=O)C(C(C)C)C(O)(CC(C)C)CC(C)C. The van der Waals surface area contributed by atoms with Crippen molar-refractivity contribution in [1.29, 1.82) is 0 Å². The molecule has 0 saturated heterocycles. The number of hydrogen-bond donors (Lipinski definition) is 1. The molecule has 2 heteroatoms. The number of hydrogen-bond acceptors (Lipinski definition) is 2. The Balaban J connectivity index is 5.36. The lowest BCUT2D eigenvalue weighted by Crippen LogP contribution is -2.47. The van der Waals surface area contributed by atoms with Crippen molar-refractivity contribution < 1.29 is 9.90 Å². The van der Waals surface area contributed by atoms with Crippen LogP contribution < -0.4 is 0 Å². The fourth-order valence-corrected chi connectivity index (χ4v) is 3.57. The minimum absolute atomic E-state index is 0.184. The highest BCUT2D eigenvalue weighted by Crippen LogP contribution is 2.37. The molecule has 0 bridgehead atoms. The van der Waals surface area contributed by atoms with Gasteiger partial charge < -0.3 is 5.11 Å². The molecule has 120 valence electrons. The van der Waals surface area contributed by atoms with Crippen molar-refractivity contribution in [3.05, 3.63) is 0 Å². The van der Waals surface area contributed by atoms with Gasteiger partial charge in [0.2, 0.25) is 0 Å². The average molecular weight is 284 g/mol. The zero-order chi connectivity index (χ0) is 16.1. The maximum Gasteiger partial charge on any atom is 0.139 e. The topological polar surface area (TPSA) is 37.3 Å². The molecule has 0 fully saturated rings. The number of Topliss-reactive ketones (excluding diaryl/α,β-unsaturated/α-hetero) is 1. The van der Waals surface area contributed by atoms with E-state index in [1.807, 2.05) is 0 Å². The predicted molar refractivity (Wildman–Crippen MR) is 86.6 cm³/mol. The van der Waals surface area contributed by atoms with Crippen LogP contribution in [-0.4, -0.2) is 16.5 Å². The van der Waals surface area contributed by atoms with E-state index < -0.39 is 5.60 Å². The van der Waals surface area contributed by atoms with E-state index in [1.54, 1.807) is 0 Å². The summed E-state index contributed by atoms with van der Waals surface area (Å²) in [6.07, 6.45) is 1.98. The third-order valence-electron chi connectivity index (χ3n) is 3.73. The van der Waals surface area contributed by atoms with Crippen LogP contribution in [0.1, 0.15) is 74.7 Å². The Kier molecular flexibility index (Phi) is 8.01. The second-order valence-electron chi connectivity index (χ2n) is 8.09. The van der Waals surface area contributed by atoms with Crippen LogP contribution in [0.4, 0.5) is 0 Å². The van der Waals surface area contributed by atoms with E-state index in [9.17, 15) is 9.90 Å². The Morgan fingerprint density at radius 3 is 1.50 bits per heavy atom. The normalized spacial score (nSPS) is 14.7. The summed E-state index contributed by atoms with van der Waals surface area (Å²) in [4.78, 5) is 12.6. The molecule has 0 aromatic heterocycles. The minimum atomic E-state index is -0.859. The summed E-state index contributed by atoms with van der Waals surface area (Å²) in [5.41, 5.74) is -0.859. The summed E-state index contributed by atoms with van der Waals surface area (Å²) in [7, 11) is 0. The third kappa shape index (κ3) is 6.39. The Labute approximate surface area is 126 Å². The molecule has 0 rings (SSSR count). The zero-order valence-electron chi connectivity index (χ0n) is 14.9. The highest BCUT2D eigenvalue weighted by atomic mass is 16.3. The van der Waals surface area contributed by atoms with Gasteiger partial charge in [0.25, 0.3) is 0 Å². The lowest BCUT2D eigenvalue weighted by Gasteiger charge is -2.40. The fraction of sp³-hybridized carbons (Fsp3) is 0.944. The molecular formula is C18H36O2. The van der Waals surface area contributed by atoms with Crippen LogP contribution in [-0.2, 0) is 4.79 Å². The van der Waals surface area contributed by atoms with Crippen molar-refractivity contribution in [1.82, 2.24) is 0 Å². The van der Waals surface area contributed by atoms with Crippen LogP contribution in [0.15, 0.2) is 0 Å². The van der Waals surface area contributed by atoms with E-state index in [1.165, 1.54) is 0 Å². The summed E-state index contributed by atoms with van der Waals surface area (Å²) in [6.45, 7) is 16.7. The monoisotopic (exact) mass is 284 g/mol. The van der Waals surface area contributed by atoms with Gasteiger partial charge in [0.1, 0.15) is 5.78 Å². The van der Waals surface area contributed by atoms with Crippen molar-refractivity contribution in [3.8, 4) is 0 Å². The third-order valence-corrected chi connectivity index (χ3v) is 3.73. The number of carbonyl (C=O) groups excluding carboxylic acids is 1. The van der Waals surface area contributed by atoms with Crippen LogP contribution in [0.2, 0.25) is 0 Å². The zero-order valence-corrected chi connectivity index (χ0v) is 14.9. The van der Waals surface area contributed by atoms with Gasteiger partial charge in [0.05, 0.1) is 5.60 Å². The standard InChI is InChI=1S/C18H36O2/c1-12(2)9-16(19)17(15(7)8)18(20,10-13(3)4)11-14(5)6/h12-15,17,20H,9-11H2,1-8H3. The molecule has 0 aliphatic rings. The van der Waals surface area contributed by atoms with E-state index in [0.717, 1.165) is 0 Å². The Morgan fingerprint density at radius 2 is 1.25 bits per heavy atom. The Morgan fingerprint density at radius 1 is 0.850 bits per heavy atom. The van der Waals surface area contributed by atoms with E-state index in [2.05, 4.69) is 55.4 Å². The Bertz CT molecular complexity index is 280. The summed E-state index contributed by atoms with van der Waals surface area (Å²) < 4.78 is 0. The van der Waals surface area contributed by atoms with Crippen molar-refractivity contribution in [3.63, 3.8) is 0 Å². The highest BCUT2D eigenvalue weighted by Gasteiger charge is 2.43. The largest absolute Gasteiger partial charge is 0.389 e. The van der Waals surface area contributed by atoms with E-state index >= 15 is 0 Å². The van der Waals surface area contributed by atoms with Crippen LogP contribution in [0.25, 0.3) is 0 Å². The van der Waals surface area contributed by atoms with Crippen LogP contribution in [0.3, 0.4) is 0 Å². The molecule has 1 atom stereocenters. The number of carbonyl (C=O) groups is 1. The summed E-state index contributed by atoms with van der Waals surface area (Å²) in [5, 5.41) is 11.2. The maximum absolute atomic E-state index is 12.6. The number of ketones is 1. The van der Waals surface area contributed by atoms with Gasteiger partial charge in [0.15, 0.2) is 0 Å². The Hall–Kier alpha value is -0.370. The molecule has 20 heavy (non-hydrogen) atoms. The number of rotatable bonds is 9. The molecule has 0 aliphatic heterocycles. The van der Waals surface area contributed by atoms with E-state index in [4.69, 9.17) is 0 Å². The van der Waals surface area contributed by atoms with Gasteiger partial charge in [-0.3, -0.25) is 4.79 Å². The molecule has 0 spiro atoms. The quantitative estimate of drug-likeness (QED) is 0.666. The van der Waals surface area contributed by atoms with Crippen LogP contribution in [0, 0.1) is 29.6 Å². The van der Waals surface area contributed by atoms with Gasteiger partial charge in [-0.2, -0.15) is 0 Å². The summed E-state index contributed by atoms with van der Waals surface area (Å²) in [5.74, 6) is 1.32. The predicted octanol–water partition coefficient (Wildman–Crippen LogP) is 4.70. The maximum atomic E-state index is 12.6. The van der Waals surface area contributed by atoms with E-state index in [0.29, 0.717) is 37.0 Å². The molecule has 0 aromatic rings. The van der Waals surface area contributed by atoms with Gasteiger partial charge in [-0.1, -0.05) is 55.4 Å². The molecule has 1 N–H and O–H groups in total. The van der Waals surface area contributed by atoms with Gasteiger partial charge in [-0.25, -0.2) is 0 Å².